The Labute approximate surface area is 117 Å². The van der Waals surface area contributed by atoms with Crippen LogP contribution < -0.4 is 10.4 Å². The highest BCUT2D eigenvalue weighted by atomic mass is 16.4. The van der Waals surface area contributed by atoms with Crippen LogP contribution in [0.5, 0.6) is 0 Å². The predicted octanol–water partition coefficient (Wildman–Crippen LogP) is 1.05. The largest absolute Gasteiger partial charge is 0.550 e. The molecule has 5 heteroatoms. The van der Waals surface area contributed by atoms with E-state index in [2.05, 4.69) is 5.32 Å². The molecule has 0 heterocycles. The normalized spacial score (nSPS) is 21.8. The number of hydrogen-bond acceptors (Lipinski definition) is 4. The molecule has 2 atom stereocenters. The highest BCUT2D eigenvalue weighted by Crippen LogP contribution is 2.30. The lowest BCUT2D eigenvalue weighted by molar-refractivity contribution is -0.313. The molecule has 1 aliphatic rings. The van der Waals surface area contributed by atoms with E-state index in [4.69, 9.17) is 5.26 Å². The molecule has 1 aromatic rings. The lowest BCUT2D eigenvalue weighted by Gasteiger charge is -2.31. The maximum atomic E-state index is 12.2. The summed E-state index contributed by atoms with van der Waals surface area (Å²) in [6.45, 7) is 0. The highest BCUT2D eigenvalue weighted by molar-refractivity contribution is 5.95. The molecule has 5 nitrogen and oxygen atoms in total. The van der Waals surface area contributed by atoms with Crippen molar-refractivity contribution in [2.45, 2.75) is 25.7 Å². The third-order valence-electron chi connectivity index (χ3n) is 3.69. The van der Waals surface area contributed by atoms with Crippen LogP contribution in [0.1, 0.15) is 31.2 Å². The summed E-state index contributed by atoms with van der Waals surface area (Å²) < 4.78 is 0. The number of benzene rings is 1. The number of aliphatic carboxylic acids is 1. The summed E-state index contributed by atoms with van der Waals surface area (Å²) >= 11 is 0. The van der Waals surface area contributed by atoms with Gasteiger partial charge < -0.3 is 15.2 Å². The summed E-state index contributed by atoms with van der Waals surface area (Å²) in [7, 11) is 0. The van der Waals surface area contributed by atoms with E-state index in [0.717, 1.165) is 12.8 Å². The summed E-state index contributed by atoms with van der Waals surface area (Å²) in [4.78, 5) is 23.2. The number of carbonyl (C=O) groups excluding carboxylic acids is 2. The van der Waals surface area contributed by atoms with Crippen LogP contribution in [0, 0.1) is 23.2 Å². The van der Waals surface area contributed by atoms with E-state index >= 15 is 0 Å². The van der Waals surface area contributed by atoms with Crippen LogP contribution in [0.3, 0.4) is 0 Å². The Balaban J connectivity index is 2.06. The average molecular weight is 271 g/mol. The molecule has 1 amide bonds. The lowest BCUT2D eigenvalue weighted by atomic mass is 9.78. The highest BCUT2D eigenvalue weighted by Gasteiger charge is 2.31. The van der Waals surface area contributed by atoms with E-state index in [-0.39, 0.29) is 5.91 Å². The maximum absolute atomic E-state index is 12.2. The summed E-state index contributed by atoms with van der Waals surface area (Å²) in [5.41, 5.74) is 1.07. The first kappa shape index (κ1) is 14.1. The number of carbonyl (C=O) groups is 2. The third-order valence-corrected chi connectivity index (χ3v) is 3.69. The van der Waals surface area contributed by atoms with E-state index in [1.807, 2.05) is 6.07 Å². The molecule has 1 aromatic carbocycles. The number of hydrogen-bond donors (Lipinski definition) is 1. The number of carboxylic acid groups (broad SMARTS) is 1. The Kier molecular flexibility index (Phi) is 4.36. The van der Waals surface area contributed by atoms with Crippen molar-refractivity contribution in [3.8, 4) is 6.07 Å². The Hall–Kier alpha value is -2.35. The van der Waals surface area contributed by atoms with E-state index in [1.165, 1.54) is 0 Å². The summed E-state index contributed by atoms with van der Waals surface area (Å²) in [6, 6.07) is 8.47. The first-order valence-corrected chi connectivity index (χ1v) is 6.63. The fraction of sp³-hybridized carbons (Fsp3) is 0.400. The molecule has 20 heavy (non-hydrogen) atoms. The molecule has 1 saturated carbocycles. The summed E-state index contributed by atoms with van der Waals surface area (Å²) in [6.07, 6.45) is 2.74. The zero-order valence-corrected chi connectivity index (χ0v) is 11.0. The van der Waals surface area contributed by atoms with Crippen LogP contribution in [-0.2, 0) is 9.59 Å². The van der Waals surface area contributed by atoms with Gasteiger partial charge in [0.15, 0.2) is 0 Å². The minimum Gasteiger partial charge on any atom is -0.550 e. The van der Waals surface area contributed by atoms with Crippen molar-refractivity contribution < 1.29 is 14.7 Å². The van der Waals surface area contributed by atoms with Crippen molar-refractivity contribution in [1.82, 2.24) is 0 Å². The van der Waals surface area contributed by atoms with Crippen molar-refractivity contribution >= 4 is 17.6 Å². The number of amides is 1. The minimum absolute atomic E-state index is 0.288. The standard InChI is InChI=1S/C15H16N2O3/c16-9-10-5-7-11(8-6-10)17-14(18)12-3-1-2-4-13(12)15(19)20/h5-8,12-13H,1-4H2,(H,17,18)(H,19,20)/p-1/t12-,13+/m0/s1. The quantitative estimate of drug-likeness (QED) is 0.889. The van der Waals surface area contributed by atoms with Crippen molar-refractivity contribution in [2.24, 2.45) is 11.8 Å². The number of nitrogens with one attached hydrogen (secondary N) is 1. The molecule has 0 unspecified atom stereocenters. The second-order valence-corrected chi connectivity index (χ2v) is 4.99. The zero-order chi connectivity index (χ0) is 14.5. The van der Waals surface area contributed by atoms with Gasteiger partial charge in [-0.05, 0) is 37.1 Å². The molecule has 0 radical (unpaired) electrons. The number of anilines is 1. The van der Waals surface area contributed by atoms with Crippen LogP contribution in [0.2, 0.25) is 0 Å². The van der Waals surface area contributed by atoms with Gasteiger partial charge in [0, 0.05) is 23.5 Å². The Morgan fingerprint density at radius 1 is 1.15 bits per heavy atom. The van der Waals surface area contributed by atoms with Gasteiger partial charge in [0.05, 0.1) is 11.6 Å². The van der Waals surface area contributed by atoms with Crippen molar-refractivity contribution in [2.75, 3.05) is 5.32 Å². The van der Waals surface area contributed by atoms with E-state index in [9.17, 15) is 14.7 Å². The van der Waals surface area contributed by atoms with E-state index in [1.54, 1.807) is 24.3 Å². The number of nitriles is 1. The molecular formula is C15H15N2O3-. The second kappa shape index (κ2) is 6.20. The van der Waals surface area contributed by atoms with Gasteiger partial charge in [-0.15, -0.1) is 0 Å². The predicted molar refractivity (Wildman–Crippen MR) is 70.2 cm³/mol. The van der Waals surface area contributed by atoms with Gasteiger partial charge in [-0.2, -0.15) is 5.26 Å². The average Bonchev–Trinajstić information content (AvgIpc) is 2.48. The van der Waals surface area contributed by atoms with Gasteiger partial charge in [-0.3, -0.25) is 4.79 Å². The SMILES string of the molecule is N#Cc1ccc(NC(=O)[C@H]2CCCC[C@H]2C(=O)[O-])cc1. The van der Waals surface area contributed by atoms with Crippen molar-refractivity contribution in [1.29, 1.82) is 5.26 Å². The first-order chi connectivity index (χ1) is 9.61. The van der Waals surface area contributed by atoms with E-state index in [0.29, 0.717) is 24.1 Å². The first-order valence-electron chi connectivity index (χ1n) is 6.63. The number of carboxylic acids is 1. The molecule has 0 saturated heterocycles. The van der Waals surface area contributed by atoms with Gasteiger partial charge in [0.1, 0.15) is 0 Å². The molecule has 104 valence electrons. The van der Waals surface area contributed by atoms with E-state index < -0.39 is 17.8 Å². The minimum atomic E-state index is -1.15. The van der Waals surface area contributed by atoms with Gasteiger partial charge in [0.25, 0.3) is 0 Å². The van der Waals surface area contributed by atoms with Gasteiger partial charge in [-0.25, -0.2) is 0 Å². The van der Waals surface area contributed by atoms with Crippen molar-refractivity contribution in [3.05, 3.63) is 29.8 Å². The summed E-state index contributed by atoms with van der Waals surface area (Å²) in [5, 5.41) is 22.5. The van der Waals surface area contributed by atoms with Crippen LogP contribution in [0.15, 0.2) is 24.3 Å². The monoisotopic (exact) mass is 271 g/mol. The van der Waals surface area contributed by atoms with Gasteiger partial charge in [-0.1, -0.05) is 12.8 Å². The van der Waals surface area contributed by atoms with Crippen LogP contribution in [-0.4, -0.2) is 11.9 Å². The molecule has 0 bridgehead atoms. The third kappa shape index (κ3) is 3.15. The lowest BCUT2D eigenvalue weighted by Crippen LogP contribution is -2.42. The van der Waals surface area contributed by atoms with Crippen LogP contribution >= 0.6 is 0 Å². The fourth-order valence-electron chi connectivity index (χ4n) is 2.59. The number of rotatable bonds is 3. The topological polar surface area (TPSA) is 93.0 Å². The van der Waals surface area contributed by atoms with Gasteiger partial charge in [0.2, 0.25) is 5.91 Å². The molecular weight excluding hydrogens is 256 g/mol. The van der Waals surface area contributed by atoms with Gasteiger partial charge >= 0.3 is 0 Å². The molecule has 0 spiro atoms. The number of nitrogens with zero attached hydrogens (tertiary/aromatic N) is 1. The molecule has 1 fully saturated rings. The second-order valence-electron chi connectivity index (χ2n) is 4.99. The Morgan fingerprint density at radius 2 is 1.75 bits per heavy atom. The maximum Gasteiger partial charge on any atom is 0.228 e. The van der Waals surface area contributed by atoms with Crippen LogP contribution in [0.4, 0.5) is 5.69 Å². The molecule has 1 N–H and O–H groups in total. The summed E-state index contributed by atoms with van der Waals surface area (Å²) in [5.74, 6) is -2.68. The molecule has 0 aliphatic heterocycles. The zero-order valence-electron chi connectivity index (χ0n) is 11.0. The molecule has 2 rings (SSSR count). The Bertz CT molecular complexity index is 545. The smallest absolute Gasteiger partial charge is 0.228 e. The van der Waals surface area contributed by atoms with Crippen molar-refractivity contribution in [3.63, 3.8) is 0 Å². The fourth-order valence-corrected chi connectivity index (χ4v) is 2.59. The molecule has 1 aliphatic carbocycles. The Morgan fingerprint density at radius 3 is 2.30 bits per heavy atom. The van der Waals surface area contributed by atoms with Crippen LogP contribution in [0.25, 0.3) is 0 Å². The molecule has 0 aromatic heterocycles.